The first kappa shape index (κ1) is 24.9. The van der Waals surface area contributed by atoms with Crippen LogP contribution < -0.4 is 14.2 Å². The molecule has 0 spiro atoms. The summed E-state index contributed by atoms with van der Waals surface area (Å²) < 4.78 is 16.3. The van der Waals surface area contributed by atoms with Crippen LogP contribution in [-0.4, -0.2) is 49.1 Å². The van der Waals surface area contributed by atoms with E-state index in [9.17, 15) is 14.7 Å². The average molecular weight is 488 g/mol. The summed E-state index contributed by atoms with van der Waals surface area (Å²) in [7, 11) is 3.14. The molecule has 1 aliphatic rings. The lowest BCUT2D eigenvalue weighted by molar-refractivity contribution is -0.139. The summed E-state index contributed by atoms with van der Waals surface area (Å²) >= 11 is 0. The lowest BCUT2D eigenvalue weighted by atomic mass is 9.94. The molecule has 1 heterocycles. The largest absolute Gasteiger partial charge is 0.507 e. The van der Waals surface area contributed by atoms with Crippen molar-refractivity contribution >= 4 is 17.4 Å². The predicted octanol–water partition coefficient (Wildman–Crippen LogP) is 4.77. The van der Waals surface area contributed by atoms with Crippen molar-refractivity contribution in [3.8, 4) is 17.2 Å². The van der Waals surface area contributed by atoms with Crippen molar-refractivity contribution in [3.05, 3.63) is 95.1 Å². The highest BCUT2D eigenvalue weighted by Gasteiger charge is 2.46. The number of aliphatic hydroxyl groups excluding tert-OH is 1. The molecule has 0 aliphatic carbocycles. The minimum Gasteiger partial charge on any atom is -0.507 e. The SMILES string of the molecule is CCOc1cccc(/C(O)=C2/C(=O)C(=O)N(CCc3ccc(OC)cc3)C2c2ccccc2OC)c1. The second-order valence-corrected chi connectivity index (χ2v) is 8.29. The maximum Gasteiger partial charge on any atom is 0.295 e. The summed E-state index contributed by atoms with van der Waals surface area (Å²) in [6.07, 6.45) is 0.516. The first-order valence-electron chi connectivity index (χ1n) is 11.8. The monoisotopic (exact) mass is 487 g/mol. The van der Waals surface area contributed by atoms with Gasteiger partial charge in [-0.3, -0.25) is 9.59 Å². The summed E-state index contributed by atoms with van der Waals surface area (Å²) in [6.45, 7) is 2.60. The van der Waals surface area contributed by atoms with Crippen LogP contribution in [0.25, 0.3) is 5.76 Å². The zero-order valence-corrected chi connectivity index (χ0v) is 20.6. The van der Waals surface area contributed by atoms with E-state index in [0.29, 0.717) is 35.7 Å². The molecule has 7 nitrogen and oxygen atoms in total. The Morgan fingerprint density at radius 2 is 1.67 bits per heavy atom. The predicted molar refractivity (Wildman–Crippen MR) is 136 cm³/mol. The molecule has 1 atom stereocenters. The van der Waals surface area contributed by atoms with Gasteiger partial charge in [0.05, 0.1) is 32.4 Å². The minimum absolute atomic E-state index is 0.0212. The van der Waals surface area contributed by atoms with Crippen molar-refractivity contribution < 1.29 is 28.9 Å². The van der Waals surface area contributed by atoms with Crippen molar-refractivity contribution in [2.45, 2.75) is 19.4 Å². The molecule has 0 aromatic heterocycles. The number of hydrogen-bond donors (Lipinski definition) is 1. The van der Waals surface area contributed by atoms with Crippen LogP contribution in [0.3, 0.4) is 0 Å². The summed E-state index contributed by atoms with van der Waals surface area (Å²) in [5.74, 6) is 0.166. The first-order valence-corrected chi connectivity index (χ1v) is 11.8. The number of hydrogen-bond acceptors (Lipinski definition) is 6. The van der Waals surface area contributed by atoms with E-state index in [-0.39, 0.29) is 17.9 Å². The van der Waals surface area contributed by atoms with E-state index in [2.05, 4.69) is 0 Å². The summed E-state index contributed by atoms with van der Waals surface area (Å²) in [6, 6.07) is 20.8. The molecule has 0 radical (unpaired) electrons. The second-order valence-electron chi connectivity index (χ2n) is 8.29. The second kappa shape index (κ2) is 11.0. The van der Waals surface area contributed by atoms with Crippen molar-refractivity contribution in [1.29, 1.82) is 0 Å². The molecule has 4 rings (SSSR count). The number of Topliss-reactive ketones (excluding diaryl/α,β-unsaturated/α-hetero) is 1. The van der Waals surface area contributed by atoms with Gasteiger partial charge in [0.1, 0.15) is 23.0 Å². The zero-order valence-electron chi connectivity index (χ0n) is 20.6. The fourth-order valence-corrected chi connectivity index (χ4v) is 4.42. The summed E-state index contributed by atoms with van der Waals surface area (Å²) in [5.41, 5.74) is 2.03. The number of aliphatic hydroxyl groups is 1. The van der Waals surface area contributed by atoms with E-state index < -0.39 is 17.7 Å². The van der Waals surface area contributed by atoms with Gasteiger partial charge in [-0.1, -0.05) is 42.5 Å². The molecule has 3 aromatic rings. The molecule has 0 saturated carbocycles. The molecular weight excluding hydrogens is 458 g/mol. The first-order chi connectivity index (χ1) is 17.5. The van der Waals surface area contributed by atoms with E-state index in [1.54, 1.807) is 43.5 Å². The fraction of sp³-hybridized carbons (Fsp3) is 0.241. The van der Waals surface area contributed by atoms with Gasteiger partial charge in [-0.15, -0.1) is 0 Å². The maximum absolute atomic E-state index is 13.3. The van der Waals surface area contributed by atoms with Crippen molar-refractivity contribution in [2.75, 3.05) is 27.4 Å². The molecular formula is C29H29NO6. The number of carbonyl (C=O) groups excluding carboxylic acids is 2. The highest BCUT2D eigenvalue weighted by Crippen LogP contribution is 2.42. The van der Waals surface area contributed by atoms with Crippen LogP contribution >= 0.6 is 0 Å². The van der Waals surface area contributed by atoms with Gasteiger partial charge in [-0.05, 0) is 49.2 Å². The normalized spacial score (nSPS) is 16.8. The van der Waals surface area contributed by atoms with Crippen LogP contribution in [0.15, 0.2) is 78.4 Å². The number of benzene rings is 3. The van der Waals surface area contributed by atoms with Gasteiger partial charge in [0.15, 0.2) is 0 Å². The molecule has 1 fully saturated rings. The van der Waals surface area contributed by atoms with Crippen LogP contribution in [0.4, 0.5) is 0 Å². The molecule has 1 N–H and O–H groups in total. The number of methoxy groups -OCH3 is 2. The Morgan fingerprint density at radius 1 is 0.917 bits per heavy atom. The molecule has 186 valence electrons. The van der Waals surface area contributed by atoms with E-state index in [4.69, 9.17) is 14.2 Å². The number of nitrogens with zero attached hydrogens (tertiary/aromatic N) is 1. The lowest BCUT2D eigenvalue weighted by Crippen LogP contribution is -2.31. The van der Waals surface area contributed by atoms with Gasteiger partial charge in [0.2, 0.25) is 0 Å². The molecule has 1 aliphatic heterocycles. The van der Waals surface area contributed by atoms with Gasteiger partial charge in [-0.2, -0.15) is 0 Å². The van der Waals surface area contributed by atoms with Crippen molar-refractivity contribution in [1.82, 2.24) is 4.90 Å². The number of ketones is 1. The van der Waals surface area contributed by atoms with Crippen LogP contribution in [0.5, 0.6) is 17.2 Å². The highest BCUT2D eigenvalue weighted by atomic mass is 16.5. The smallest absolute Gasteiger partial charge is 0.295 e. The van der Waals surface area contributed by atoms with Gasteiger partial charge < -0.3 is 24.2 Å². The summed E-state index contributed by atoms with van der Waals surface area (Å²) in [4.78, 5) is 28.1. The number of para-hydroxylation sites is 1. The maximum atomic E-state index is 13.3. The third kappa shape index (κ3) is 4.91. The Bertz CT molecular complexity index is 1280. The van der Waals surface area contributed by atoms with Gasteiger partial charge in [0.25, 0.3) is 11.7 Å². The number of carbonyl (C=O) groups is 2. The Morgan fingerprint density at radius 3 is 2.36 bits per heavy atom. The molecule has 1 unspecified atom stereocenters. The van der Waals surface area contributed by atoms with Crippen LogP contribution in [0, 0.1) is 0 Å². The van der Waals surface area contributed by atoms with E-state index in [1.807, 2.05) is 43.3 Å². The Labute approximate surface area is 210 Å². The third-order valence-electron chi connectivity index (χ3n) is 6.19. The topological polar surface area (TPSA) is 85.3 Å². The van der Waals surface area contributed by atoms with Crippen molar-refractivity contribution in [3.63, 3.8) is 0 Å². The lowest BCUT2D eigenvalue weighted by Gasteiger charge is -2.26. The van der Waals surface area contributed by atoms with Gasteiger partial charge in [-0.25, -0.2) is 0 Å². The number of rotatable bonds is 9. The Balaban J connectivity index is 1.78. The number of amides is 1. The quantitative estimate of drug-likeness (QED) is 0.266. The summed E-state index contributed by atoms with van der Waals surface area (Å²) in [5, 5.41) is 11.3. The number of ether oxygens (including phenoxy) is 3. The average Bonchev–Trinajstić information content (AvgIpc) is 3.16. The Kier molecular flexibility index (Phi) is 7.59. The number of likely N-dealkylation sites (tertiary alicyclic amines) is 1. The third-order valence-corrected chi connectivity index (χ3v) is 6.19. The van der Waals surface area contributed by atoms with E-state index >= 15 is 0 Å². The van der Waals surface area contributed by atoms with E-state index in [1.165, 1.54) is 12.0 Å². The Hall–Kier alpha value is -4.26. The van der Waals surface area contributed by atoms with Crippen molar-refractivity contribution in [2.24, 2.45) is 0 Å². The minimum atomic E-state index is -0.810. The van der Waals surface area contributed by atoms with Crippen LogP contribution in [0.1, 0.15) is 29.7 Å². The highest BCUT2D eigenvalue weighted by molar-refractivity contribution is 6.46. The van der Waals surface area contributed by atoms with E-state index in [0.717, 1.165) is 11.3 Å². The molecule has 3 aromatic carbocycles. The van der Waals surface area contributed by atoms with Gasteiger partial charge >= 0.3 is 0 Å². The molecule has 7 heteroatoms. The zero-order chi connectivity index (χ0) is 25.7. The van der Waals surface area contributed by atoms with Crippen LogP contribution in [-0.2, 0) is 16.0 Å². The standard InChI is InChI=1S/C29H29NO6/c1-4-36-22-9-7-8-20(18-22)27(31)25-26(23-10-5-6-11-24(23)35-3)30(29(33)28(25)32)17-16-19-12-14-21(34-2)15-13-19/h5-15,18,26,31H,4,16-17H2,1-3H3/b27-25-. The van der Waals surface area contributed by atoms with Gasteiger partial charge in [0, 0.05) is 17.7 Å². The van der Waals surface area contributed by atoms with Crippen LogP contribution in [0.2, 0.25) is 0 Å². The molecule has 1 amide bonds. The molecule has 1 saturated heterocycles. The molecule has 36 heavy (non-hydrogen) atoms. The molecule has 0 bridgehead atoms. The fourth-order valence-electron chi connectivity index (χ4n) is 4.42.